The summed E-state index contributed by atoms with van der Waals surface area (Å²) >= 11 is 0. The molecule has 0 bridgehead atoms. The molecule has 2 unspecified atom stereocenters. The van der Waals surface area contributed by atoms with Crippen LogP contribution in [0.15, 0.2) is 23.2 Å². The van der Waals surface area contributed by atoms with Crippen molar-refractivity contribution in [1.82, 2.24) is 15.1 Å². The van der Waals surface area contributed by atoms with E-state index in [1.165, 1.54) is 49.2 Å². The quantitative estimate of drug-likeness (QED) is 0.601. The molecule has 3 rings (SSSR count). The first-order valence-electron chi connectivity index (χ1n) is 11.0. The van der Waals surface area contributed by atoms with Crippen LogP contribution >= 0.6 is 0 Å². The summed E-state index contributed by atoms with van der Waals surface area (Å²) in [6, 6.07) is 6.66. The van der Waals surface area contributed by atoms with Gasteiger partial charge in [-0.3, -0.25) is 4.99 Å². The minimum absolute atomic E-state index is 0.115. The Morgan fingerprint density at radius 3 is 2.82 bits per heavy atom. The Hall–Kier alpha value is -1.59. The van der Waals surface area contributed by atoms with Crippen molar-refractivity contribution in [2.75, 3.05) is 52.4 Å². The molecule has 1 aromatic rings. The number of nitrogens with zero attached hydrogens (tertiary/aromatic N) is 3. The molecule has 2 aliphatic heterocycles. The van der Waals surface area contributed by atoms with Gasteiger partial charge < -0.3 is 19.9 Å². The predicted molar refractivity (Wildman–Crippen MR) is 117 cm³/mol. The van der Waals surface area contributed by atoms with Crippen LogP contribution in [0.1, 0.15) is 49.5 Å². The summed E-state index contributed by atoms with van der Waals surface area (Å²) in [7, 11) is 0. The number of morpholine rings is 1. The van der Waals surface area contributed by atoms with E-state index in [9.17, 15) is 0 Å². The smallest absolute Gasteiger partial charge is 0.194 e. The van der Waals surface area contributed by atoms with Gasteiger partial charge in [0.05, 0.1) is 13.2 Å². The van der Waals surface area contributed by atoms with Gasteiger partial charge in [0, 0.05) is 26.2 Å². The Labute approximate surface area is 171 Å². The summed E-state index contributed by atoms with van der Waals surface area (Å²) in [6.07, 6.45) is 2.63. The number of rotatable bonds is 6. The van der Waals surface area contributed by atoms with Gasteiger partial charge in [-0.1, -0.05) is 30.7 Å². The Morgan fingerprint density at radius 2 is 2.07 bits per heavy atom. The number of ether oxygens (including phenoxy) is 1. The molecule has 2 saturated heterocycles. The molecule has 156 valence electrons. The summed E-state index contributed by atoms with van der Waals surface area (Å²) < 4.78 is 6.13. The summed E-state index contributed by atoms with van der Waals surface area (Å²) in [5.41, 5.74) is 3.92. The van der Waals surface area contributed by atoms with E-state index in [1.807, 2.05) is 0 Å². The van der Waals surface area contributed by atoms with Crippen molar-refractivity contribution in [2.45, 2.75) is 46.6 Å². The Balaban J connectivity index is 1.64. The zero-order chi connectivity index (χ0) is 19.9. The molecule has 2 aliphatic rings. The Kier molecular flexibility index (Phi) is 7.74. The van der Waals surface area contributed by atoms with Crippen LogP contribution in [0.25, 0.3) is 0 Å². The fourth-order valence-electron chi connectivity index (χ4n) is 4.44. The van der Waals surface area contributed by atoms with Crippen molar-refractivity contribution in [2.24, 2.45) is 10.9 Å². The van der Waals surface area contributed by atoms with E-state index in [1.54, 1.807) is 0 Å². The molecule has 5 nitrogen and oxygen atoms in total. The lowest BCUT2D eigenvalue weighted by molar-refractivity contribution is -0.00835. The van der Waals surface area contributed by atoms with Crippen LogP contribution in [0.3, 0.4) is 0 Å². The van der Waals surface area contributed by atoms with Crippen molar-refractivity contribution >= 4 is 5.96 Å². The van der Waals surface area contributed by atoms with E-state index >= 15 is 0 Å². The second-order valence-electron chi connectivity index (χ2n) is 8.32. The number of hydrogen-bond acceptors (Lipinski definition) is 3. The van der Waals surface area contributed by atoms with Crippen molar-refractivity contribution in [3.63, 3.8) is 0 Å². The lowest BCUT2D eigenvalue weighted by Gasteiger charge is -2.36. The topological polar surface area (TPSA) is 40.1 Å². The molecule has 0 radical (unpaired) electrons. The normalized spacial score (nSPS) is 24.0. The van der Waals surface area contributed by atoms with Crippen LogP contribution in [-0.4, -0.2) is 68.2 Å². The van der Waals surface area contributed by atoms with Crippen LogP contribution in [0.4, 0.5) is 0 Å². The van der Waals surface area contributed by atoms with Crippen LogP contribution < -0.4 is 5.32 Å². The number of guanidine groups is 1. The SMILES string of the molecule is CCCN1CCC(CN=C(NCC)N2CCOC(c3ccc(C)cc3C)C2)C1. The molecular weight excluding hydrogens is 348 g/mol. The molecule has 5 heteroatoms. The molecule has 2 fully saturated rings. The summed E-state index contributed by atoms with van der Waals surface area (Å²) in [6.45, 7) is 16.7. The summed E-state index contributed by atoms with van der Waals surface area (Å²) in [5.74, 6) is 1.74. The summed E-state index contributed by atoms with van der Waals surface area (Å²) in [4.78, 5) is 9.99. The lowest BCUT2D eigenvalue weighted by Crippen LogP contribution is -2.48. The van der Waals surface area contributed by atoms with E-state index in [0.717, 1.165) is 38.7 Å². The van der Waals surface area contributed by atoms with Crippen molar-refractivity contribution in [3.8, 4) is 0 Å². The maximum atomic E-state index is 6.13. The molecule has 1 N–H and O–H groups in total. The predicted octanol–water partition coefficient (Wildman–Crippen LogP) is 3.37. The maximum Gasteiger partial charge on any atom is 0.194 e. The van der Waals surface area contributed by atoms with Crippen LogP contribution in [0.2, 0.25) is 0 Å². The van der Waals surface area contributed by atoms with E-state index in [0.29, 0.717) is 5.92 Å². The van der Waals surface area contributed by atoms with Crippen molar-refractivity contribution < 1.29 is 4.74 Å². The third-order valence-corrected chi connectivity index (χ3v) is 5.88. The summed E-state index contributed by atoms with van der Waals surface area (Å²) in [5, 5.41) is 3.52. The van der Waals surface area contributed by atoms with Gasteiger partial charge >= 0.3 is 0 Å². The zero-order valence-corrected chi connectivity index (χ0v) is 18.2. The lowest BCUT2D eigenvalue weighted by atomic mass is 10.00. The molecule has 2 heterocycles. The monoisotopic (exact) mass is 386 g/mol. The third kappa shape index (κ3) is 5.48. The molecule has 0 amide bonds. The molecule has 0 saturated carbocycles. The molecular formula is C23H38N4O. The maximum absolute atomic E-state index is 6.13. The van der Waals surface area contributed by atoms with Gasteiger partial charge in [-0.2, -0.15) is 0 Å². The average molecular weight is 387 g/mol. The number of aryl methyl sites for hydroxylation is 2. The average Bonchev–Trinajstić information content (AvgIpc) is 3.13. The molecule has 1 aromatic carbocycles. The number of aliphatic imine (C=N–C) groups is 1. The minimum atomic E-state index is 0.115. The molecule has 2 atom stereocenters. The number of nitrogens with one attached hydrogen (secondary N) is 1. The largest absolute Gasteiger partial charge is 0.370 e. The van der Waals surface area contributed by atoms with Gasteiger partial charge in [0.15, 0.2) is 5.96 Å². The van der Waals surface area contributed by atoms with Crippen LogP contribution in [0, 0.1) is 19.8 Å². The Bertz CT molecular complexity index is 660. The molecule has 0 aliphatic carbocycles. The van der Waals surface area contributed by atoms with E-state index < -0.39 is 0 Å². The van der Waals surface area contributed by atoms with Gasteiger partial charge in [0.25, 0.3) is 0 Å². The first-order valence-corrected chi connectivity index (χ1v) is 11.0. The van der Waals surface area contributed by atoms with Crippen LogP contribution in [-0.2, 0) is 4.74 Å². The van der Waals surface area contributed by atoms with Gasteiger partial charge in [-0.15, -0.1) is 0 Å². The highest BCUT2D eigenvalue weighted by Crippen LogP contribution is 2.26. The second kappa shape index (κ2) is 10.3. The molecule has 0 spiro atoms. The fraction of sp³-hybridized carbons (Fsp3) is 0.696. The second-order valence-corrected chi connectivity index (χ2v) is 8.32. The first kappa shape index (κ1) is 21.1. The number of likely N-dealkylation sites (tertiary alicyclic amines) is 1. The van der Waals surface area contributed by atoms with Gasteiger partial charge in [-0.25, -0.2) is 0 Å². The first-order chi connectivity index (χ1) is 13.6. The van der Waals surface area contributed by atoms with Gasteiger partial charge in [0.1, 0.15) is 6.10 Å². The van der Waals surface area contributed by atoms with Crippen LogP contribution in [0.5, 0.6) is 0 Å². The van der Waals surface area contributed by atoms with E-state index in [2.05, 4.69) is 61.0 Å². The standard InChI is InChI=1S/C23H38N4O/c1-5-10-26-11-9-20(16-26)15-25-23(24-6-2)27-12-13-28-22(17-27)21-8-7-18(3)14-19(21)4/h7-8,14,20,22H,5-6,9-13,15-17H2,1-4H3,(H,24,25). The van der Waals surface area contributed by atoms with Gasteiger partial charge in [0.2, 0.25) is 0 Å². The fourth-order valence-corrected chi connectivity index (χ4v) is 4.44. The zero-order valence-electron chi connectivity index (χ0n) is 18.2. The van der Waals surface area contributed by atoms with Crippen molar-refractivity contribution in [3.05, 3.63) is 34.9 Å². The minimum Gasteiger partial charge on any atom is -0.370 e. The molecule has 28 heavy (non-hydrogen) atoms. The number of hydrogen-bond donors (Lipinski definition) is 1. The van der Waals surface area contributed by atoms with E-state index in [4.69, 9.17) is 9.73 Å². The van der Waals surface area contributed by atoms with E-state index in [-0.39, 0.29) is 6.10 Å². The Morgan fingerprint density at radius 1 is 1.21 bits per heavy atom. The van der Waals surface area contributed by atoms with Gasteiger partial charge in [-0.05, 0) is 63.7 Å². The molecule has 0 aromatic heterocycles. The third-order valence-electron chi connectivity index (χ3n) is 5.88. The highest BCUT2D eigenvalue weighted by atomic mass is 16.5. The van der Waals surface area contributed by atoms with Crippen molar-refractivity contribution in [1.29, 1.82) is 0 Å². The highest BCUT2D eigenvalue weighted by Gasteiger charge is 2.26. The number of benzene rings is 1. The highest BCUT2D eigenvalue weighted by molar-refractivity contribution is 5.80.